The van der Waals surface area contributed by atoms with Crippen LogP contribution in [0.5, 0.6) is 0 Å². The first kappa shape index (κ1) is 13.8. The molecule has 16 heavy (non-hydrogen) atoms. The van der Waals surface area contributed by atoms with Gasteiger partial charge in [0, 0.05) is 16.7 Å². The molecule has 0 radical (unpaired) electrons. The van der Waals surface area contributed by atoms with Gasteiger partial charge in [-0.05, 0) is 25.0 Å². The SMILES string of the molecule is CCC(N)C1(CC(=O)OC)CCCSC1C. The molecule has 0 aromatic rings. The van der Waals surface area contributed by atoms with Crippen molar-refractivity contribution in [3.05, 3.63) is 0 Å². The number of hydrogen-bond acceptors (Lipinski definition) is 4. The van der Waals surface area contributed by atoms with Crippen LogP contribution in [0.1, 0.15) is 39.5 Å². The molecular weight excluding hydrogens is 222 g/mol. The summed E-state index contributed by atoms with van der Waals surface area (Å²) in [5.74, 6) is 1.05. The number of thioether (sulfide) groups is 1. The largest absolute Gasteiger partial charge is 0.469 e. The van der Waals surface area contributed by atoms with Crippen molar-refractivity contribution in [2.24, 2.45) is 11.1 Å². The molecule has 3 nitrogen and oxygen atoms in total. The molecule has 3 atom stereocenters. The summed E-state index contributed by atoms with van der Waals surface area (Å²) in [4.78, 5) is 11.6. The molecule has 3 unspecified atom stereocenters. The number of hydrogen-bond donors (Lipinski definition) is 1. The predicted molar refractivity (Wildman–Crippen MR) is 68.5 cm³/mol. The van der Waals surface area contributed by atoms with Crippen LogP contribution in [0.2, 0.25) is 0 Å². The van der Waals surface area contributed by atoms with E-state index in [1.807, 2.05) is 11.8 Å². The van der Waals surface area contributed by atoms with Gasteiger partial charge in [-0.1, -0.05) is 13.8 Å². The van der Waals surface area contributed by atoms with Crippen molar-refractivity contribution >= 4 is 17.7 Å². The first-order valence-corrected chi connectivity index (χ1v) is 7.05. The lowest BCUT2D eigenvalue weighted by atomic mass is 9.70. The van der Waals surface area contributed by atoms with Gasteiger partial charge in [-0.25, -0.2) is 0 Å². The summed E-state index contributed by atoms with van der Waals surface area (Å²) in [7, 11) is 1.45. The van der Waals surface area contributed by atoms with Gasteiger partial charge in [-0.15, -0.1) is 0 Å². The summed E-state index contributed by atoms with van der Waals surface area (Å²) in [6.07, 6.45) is 3.58. The van der Waals surface area contributed by atoms with E-state index in [-0.39, 0.29) is 17.4 Å². The molecule has 0 spiro atoms. The first-order chi connectivity index (χ1) is 7.56. The summed E-state index contributed by atoms with van der Waals surface area (Å²) >= 11 is 1.93. The van der Waals surface area contributed by atoms with Crippen LogP contribution in [0.3, 0.4) is 0 Å². The van der Waals surface area contributed by atoms with Gasteiger partial charge in [0.05, 0.1) is 13.5 Å². The van der Waals surface area contributed by atoms with E-state index in [1.165, 1.54) is 12.9 Å². The van der Waals surface area contributed by atoms with E-state index >= 15 is 0 Å². The highest BCUT2D eigenvalue weighted by atomic mass is 32.2. The highest BCUT2D eigenvalue weighted by Gasteiger charge is 2.44. The quantitative estimate of drug-likeness (QED) is 0.771. The highest BCUT2D eigenvalue weighted by Crippen LogP contribution is 2.46. The molecule has 1 saturated heterocycles. The first-order valence-electron chi connectivity index (χ1n) is 6.00. The van der Waals surface area contributed by atoms with E-state index < -0.39 is 0 Å². The van der Waals surface area contributed by atoms with Gasteiger partial charge < -0.3 is 10.5 Å². The van der Waals surface area contributed by atoms with Crippen molar-refractivity contribution in [3.8, 4) is 0 Å². The third-order valence-electron chi connectivity index (χ3n) is 3.84. The lowest BCUT2D eigenvalue weighted by Gasteiger charge is -2.45. The van der Waals surface area contributed by atoms with E-state index in [0.29, 0.717) is 11.7 Å². The molecule has 1 aliphatic rings. The summed E-state index contributed by atoms with van der Waals surface area (Å²) in [6, 6.07) is 0.0920. The minimum absolute atomic E-state index is 0.0647. The van der Waals surface area contributed by atoms with E-state index in [2.05, 4.69) is 13.8 Å². The summed E-state index contributed by atoms with van der Waals surface area (Å²) in [5.41, 5.74) is 6.19. The molecular formula is C12H23NO2S. The van der Waals surface area contributed by atoms with Gasteiger partial charge in [-0.3, -0.25) is 4.79 Å². The molecule has 0 aromatic carbocycles. The topological polar surface area (TPSA) is 52.3 Å². The Balaban J connectivity index is 2.86. The van der Waals surface area contributed by atoms with Crippen molar-refractivity contribution in [1.29, 1.82) is 0 Å². The number of carbonyl (C=O) groups excluding carboxylic acids is 1. The zero-order chi connectivity index (χ0) is 12.2. The van der Waals surface area contributed by atoms with Crippen molar-refractivity contribution in [2.45, 2.75) is 50.8 Å². The Morgan fingerprint density at radius 1 is 1.69 bits per heavy atom. The molecule has 1 heterocycles. The minimum Gasteiger partial charge on any atom is -0.469 e. The molecule has 1 rings (SSSR count). The number of nitrogens with two attached hydrogens (primary N) is 1. The second-order valence-electron chi connectivity index (χ2n) is 4.62. The fourth-order valence-electron chi connectivity index (χ4n) is 2.63. The van der Waals surface area contributed by atoms with Crippen molar-refractivity contribution in [2.75, 3.05) is 12.9 Å². The van der Waals surface area contributed by atoms with Crippen LogP contribution in [-0.4, -0.2) is 30.1 Å². The Morgan fingerprint density at radius 3 is 2.88 bits per heavy atom. The Kier molecular flexibility index (Phi) is 5.12. The smallest absolute Gasteiger partial charge is 0.306 e. The fourth-order valence-corrected chi connectivity index (χ4v) is 4.00. The lowest BCUT2D eigenvalue weighted by molar-refractivity contribution is -0.144. The molecule has 0 saturated carbocycles. The summed E-state index contributed by atoms with van der Waals surface area (Å²) in [5, 5.41) is 0.440. The number of esters is 1. The average Bonchev–Trinajstić information content (AvgIpc) is 2.30. The van der Waals surface area contributed by atoms with Gasteiger partial charge in [0.15, 0.2) is 0 Å². The average molecular weight is 245 g/mol. The van der Waals surface area contributed by atoms with Gasteiger partial charge in [0.1, 0.15) is 0 Å². The van der Waals surface area contributed by atoms with Crippen molar-refractivity contribution in [3.63, 3.8) is 0 Å². The number of ether oxygens (including phenoxy) is 1. The third-order valence-corrected chi connectivity index (χ3v) is 5.34. The monoisotopic (exact) mass is 245 g/mol. The van der Waals surface area contributed by atoms with Crippen LogP contribution < -0.4 is 5.73 Å². The molecule has 94 valence electrons. The van der Waals surface area contributed by atoms with E-state index in [4.69, 9.17) is 10.5 Å². The molecule has 0 aliphatic carbocycles. The van der Waals surface area contributed by atoms with Crippen LogP contribution >= 0.6 is 11.8 Å². The van der Waals surface area contributed by atoms with Crippen molar-refractivity contribution < 1.29 is 9.53 Å². The predicted octanol–water partition coefficient (Wildman–Crippen LogP) is 2.19. The van der Waals surface area contributed by atoms with Gasteiger partial charge in [0.2, 0.25) is 0 Å². The van der Waals surface area contributed by atoms with E-state index in [0.717, 1.165) is 19.3 Å². The standard InChI is InChI=1S/C12H23NO2S/c1-4-10(13)12(8-11(14)15-3)6-5-7-16-9(12)2/h9-10H,4-8,13H2,1-3H3. The van der Waals surface area contributed by atoms with Crippen LogP contribution in [0, 0.1) is 5.41 Å². The summed E-state index contributed by atoms with van der Waals surface area (Å²) < 4.78 is 4.82. The Hall–Kier alpha value is -0.220. The third kappa shape index (κ3) is 2.72. The van der Waals surface area contributed by atoms with E-state index in [1.54, 1.807) is 0 Å². The molecule has 0 bridgehead atoms. The Bertz CT molecular complexity index is 241. The highest BCUT2D eigenvalue weighted by molar-refractivity contribution is 7.99. The summed E-state index contributed by atoms with van der Waals surface area (Å²) in [6.45, 7) is 4.29. The maximum Gasteiger partial charge on any atom is 0.306 e. The van der Waals surface area contributed by atoms with Crippen molar-refractivity contribution in [1.82, 2.24) is 0 Å². The van der Waals surface area contributed by atoms with Crippen LogP contribution in [-0.2, 0) is 9.53 Å². The zero-order valence-electron chi connectivity index (χ0n) is 10.5. The Labute approximate surface area is 102 Å². The fraction of sp³-hybridized carbons (Fsp3) is 0.917. The number of rotatable bonds is 4. The molecule has 2 N–H and O–H groups in total. The minimum atomic E-state index is -0.127. The maximum absolute atomic E-state index is 11.6. The number of carbonyl (C=O) groups is 1. The van der Waals surface area contributed by atoms with E-state index in [9.17, 15) is 4.79 Å². The second-order valence-corrected chi connectivity index (χ2v) is 6.07. The Morgan fingerprint density at radius 2 is 2.38 bits per heavy atom. The molecule has 0 amide bonds. The second kappa shape index (κ2) is 5.92. The normalized spacial score (nSPS) is 32.1. The molecule has 1 aliphatic heterocycles. The van der Waals surface area contributed by atoms with Gasteiger partial charge in [0.25, 0.3) is 0 Å². The molecule has 0 aromatic heterocycles. The molecule has 4 heteroatoms. The van der Waals surface area contributed by atoms with Crippen LogP contribution in [0.4, 0.5) is 0 Å². The molecule has 1 fully saturated rings. The van der Waals surface area contributed by atoms with Crippen LogP contribution in [0.25, 0.3) is 0 Å². The maximum atomic E-state index is 11.6. The van der Waals surface area contributed by atoms with Gasteiger partial charge >= 0.3 is 5.97 Å². The zero-order valence-corrected chi connectivity index (χ0v) is 11.3. The number of methoxy groups -OCH3 is 1. The lowest BCUT2D eigenvalue weighted by Crippen LogP contribution is -2.50. The van der Waals surface area contributed by atoms with Gasteiger partial charge in [-0.2, -0.15) is 11.8 Å². The van der Waals surface area contributed by atoms with Crippen LogP contribution in [0.15, 0.2) is 0 Å².